The highest BCUT2D eigenvalue weighted by molar-refractivity contribution is 5.74. The first-order valence-electron chi connectivity index (χ1n) is 27.5. The molecule has 3 atom stereocenters. The molecule has 77 heavy (non-hydrogen) atoms. The SMILES string of the molecule is CCCC(C)(C)Cc1cc(COc2ccc3c(c2)C(C(C)C(=O)OC)CC3)ccc1-c1cc(OC)ccc1F.CCCC(C)(C)Cc1cc(COc2ccc3c(c2)C(CC(=O)OC)CC3)ccc1-c1cc(OC)ccc1F. The minimum atomic E-state index is -0.261. The maximum atomic E-state index is 15.0. The standard InChI is InChI=1S/C34H41FO4.C33H39FO4/c1-7-16-34(3,4)20-25-17-23(8-13-29(25)31-18-26(37-5)12-15-32(31)35)21-39-27-11-9-24-10-14-28(30(24)19-27)22(2)33(36)38-6;1-6-15-33(2,3)20-25-16-22(7-13-28(25)30-18-26(36-4)12-14-31(30)34)21-38-27-11-10-23-8-9-24(29(23)19-27)17-32(35)37-5/h8-9,11-13,15,17-19,22,28H,7,10,14,16,20-21H2,1-6H3;7,10-14,16,18-19,24H,6,8-9,15,17,20-21H2,1-5H3. The van der Waals surface area contributed by atoms with Crippen LogP contribution >= 0.6 is 0 Å². The van der Waals surface area contributed by atoms with Gasteiger partial charge in [-0.15, -0.1) is 0 Å². The minimum Gasteiger partial charge on any atom is -0.497 e. The highest BCUT2D eigenvalue weighted by Crippen LogP contribution is 2.43. The summed E-state index contributed by atoms with van der Waals surface area (Å²) in [5.41, 5.74) is 12.2. The minimum absolute atomic E-state index is 0.0731. The van der Waals surface area contributed by atoms with Crippen molar-refractivity contribution >= 4 is 11.9 Å². The van der Waals surface area contributed by atoms with Gasteiger partial charge in [0.15, 0.2) is 0 Å². The third kappa shape index (κ3) is 14.9. The predicted molar refractivity (Wildman–Crippen MR) is 303 cm³/mol. The van der Waals surface area contributed by atoms with Gasteiger partial charge in [0.1, 0.15) is 47.8 Å². The van der Waals surface area contributed by atoms with Crippen LogP contribution in [0.25, 0.3) is 22.3 Å². The molecule has 0 aromatic heterocycles. The van der Waals surface area contributed by atoms with E-state index in [4.69, 9.17) is 28.4 Å². The third-order valence-corrected chi connectivity index (χ3v) is 15.6. The molecule has 0 aliphatic heterocycles. The van der Waals surface area contributed by atoms with Crippen molar-refractivity contribution in [2.45, 2.75) is 144 Å². The zero-order chi connectivity index (χ0) is 55.4. The lowest BCUT2D eigenvalue weighted by Gasteiger charge is -2.26. The Morgan fingerprint density at radius 1 is 0.558 bits per heavy atom. The van der Waals surface area contributed by atoms with Crippen LogP contribution in [-0.2, 0) is 58.0 Å². The molecule has 8 rings (SSSR count). The van der Waals surface area contributed by atoms with Gasteiger partial charge in [-0.1, -0.05) is 110 Å². The summed E-state index contributed by atoms with van der Waals surface area (Å²) >= 11 is 0. The van der Waals surface area contributed by atoms with Crippen molar-refractivity contribution < 1.29 is 46.8 Å². The smallest absolute Gasteiger partial charge is 0.308 e. The van der Waals surface area contributed by atoms with Gasteiger partial charge in [0.2, 0.25) is 0 Å². The van der Waals surface area contributed by atoms with Crippen LogP contribution in [0, 0.1) is 28.4 Å². The van der Waals surface area contributed by atoms with Crippen molar-refractivity contribution in [2.24, 2.45) is 16.7 Å². The maximum Gasteiger partial charge on any atom is 0.308 e. The molecule has 6 aromatic rings. The fourth-order valence-corrected chi connectivity index (χ4v) is 11.7. The van der Waals surface area contributed by atoms with Crippen molar-refractivity contribution in [2.75, 3.05) is 28.4 Å². The van der Waals surface area contributed by atoms with E-state index in [2.05, 4.69) is 77.9 Å². The number of halogens is 2. The Labute approximate surface area is 456 Å². The topological polar surface area (TPSA) is 89.5 Å². The molecule has 2 aliphatic rings. The summed E-state index contributed by atoms with van der Waals surface area (Å²) in [5.74, 6) is 2.09. The molecule has 0 heterocycles. The number of rotatable bonds is 22. The van der Waals surface area contributed by atoms with E-state index >= 15 is 0 Å². The molecule has 0 radical (unpaired) electrons. The van der Waals surface area contributed by atoms with Crippen LogP contribution < -0.4 is 18.9 Å². The average Bonchev–Trinajstić information content (AvgIpc) is 4.06. The molecule has 8 nitrogen and oxygen atoms in total. The van der Waals surface area contributed by atoms with Gasteiger partial charge in [-0.3, -0.25) is 9.59 Å². The summed E-state index contributed by atoms with van der Waals surface area (Å²) < 4.78 is 63.1. The van der Waals surface area contributed by atoms with Crippen LogP contribution in [0.3, 0.4) is 0 Å². The van der Waals surface area contributed by atoms with Crippen LogP contribution in [0.4, 0.5) is 8.78 Å². The van der Waals surface area contributed by atoms with E-state index in [0.29, 0.717) is 42.3 Å². The van der Waals surface area contributed by atoms with Gasteiger partial charge >= 0.3 is 11.9 Å². The Kier molecular flexibility index (Phi) is 19.7. The lowest BCUT2D eigenvalue weighted by Crippen LogP contribution is -2.19. The van der Waals surface area contributed by atoms with E-state index in [-0.39, 0.29) is 52.2 Å². The molecular weight excluding hydrogens is 971 g/mol. The molecule has 0 spiro atoms. The number of esters is 2. The molecular formula is C67H80F2O8. The number of aryl methyl sites for hydroxylation is 2. The van der Waals surface area contributed by atoms with Gasteiger partial charge < -0.3 is 28.4 Å². The number of carbonyl (C=O) groups is 2. The molecule has 0 amide bonds. The Hall–Kier alpha value is -6.68. The molecule has 0 saturated carbocycles. The van der Waals surface area contributed by atoms with Crippen molar-refractivity contribution in [1.82, 2.24) is 0 Å². The van der Waals surface area contributed by atoms with Crippen LogP contribution in [0.2, 0.25) is 0 Å². The molecule has 0 bridgehead atoms. The first-order chi connectivity index (χ1) is 36.9. The highest BCUT2D eigenvalue weighted by Gasteiger charge is 2.33. The van der Waals surface area contributed by atoms with Crippen LogP contribution in [0.1, 0.15) is 150 Å². The van der Waals surface area contributed by atoms with Crippen molar-refractivity contribution in [3.8, 4) is 45.3 Å². The summed E-state index contributed by atoms with van der Waals surface area (Å²) in [5, 5.41) is 0. The largest absolute Gasteiger partial charge is 0.497 e. The van der Waals surface area contributed by atoms with Gasteiger partial charge in [0.05, 0.1) is 40.8 Å². The Morgan fingerprint density at radius 2 is 1.03 bits per heavy atom. The van der Waals surface area contributed by atoms with Crippen LogP contribution in [-0.4, -0.2) is 40.4 Å². The molecule has 0 saturated heterocycles. The van der Waals surface area contributed by atoms with E-state index in [1.165, 1.54) is 48.6 Å². The average molecular weight is 1050 g/mol. The normalized spacial score (nSPS) is 15.1. The quantitative estimate of drug-likeness (QED) is 0.0621. The number of fused-ring (bicyclic) bond motifs is 2. The molecule has 10 heteroatoms. The number of ether oxygens (including phenoxy) is 6. The third-order valence-electron chi connectivity index (χ3n) is 15.6. The lowest BCUT2D eigenvalue weighted by atomic mass is 9.79. The molecule has 0 N–H and O–H groups in total. The number of carbonyl (C=O) groups excluding carboxylic acids is 2. The Morgan fingerprint density at radius 3 is 1.49 bits per heavy atom. The van der Waals surface area contributed by atoms with E-state index in [0.717, 1.165) is 109 Å². The van der Waals surface area contributed by atoms with Gasteiger partial charge in [-0.05, 0) is 190 Å². The fraction of sp³-hybridized carbons (Fsp3) is 0.433. The first-order valence-corrected chi connectivity index (χ1v) is 27.5. The molecule has 6 aromatic carbocycles. The van der Waals surface area contributed by atoms with E-state index < -0.39 is 0 Å². The van der Waals surface area contributed by atoms with Crippen molar-refractivity contribution in [1.29, 1.82) is 0 Å². The monoisotopic (exact) mass is 1050 g/mol. The first kappa shape index (κ1) is 58.0. The van der Waals surface area contributed by atoms with Crippen LogP contribution in [0.5, 0.6) is 23.0 Å². The highest BCUT2D eigenvalue weighted by atomic mass is 19.1. The summed E-state index contributed by atoms with van der Waals surface area (Å²) in [6.45, 7) is 16.2. The second-order valence-corrected chi connectivity index (χ2v) is 22.6. The lowest BCUT2D eigenvalue weighted by molar-refractivity contribution is -0.145. The summed E-state index contributed by atoms with van der Waals surface area (Å²) in [7, 11) is 6.07. The second kappa shape index (κ2) is 26.1. The molecule has 0 fully saturated rings. The van der Waals surface area contributed by atoms with Gasteiger partial charge in [-0.2, -0.15) is 0 Å². The van der Waals surface area contributed by atoms with Gasteiger partial charge in [-0.25, -0.2) is 8.78 Å². The van der Waals surface area contributed by atoms with E-state index in [9.17, 15) is 18.4 Å². The summed E-state index contributed by atoms with van der Waals surface area (Å²) in [6, 6.07) is 34.5. The molecule has 2 aliphatic carbocycles. The predicted octanol–water partition coefficient (Wildman–Crippen LogP) is 16.3. The summed E-state index contributed by atoms with van der Waals surface area (Å²) in [6.07, 6.45) is 10.2. The second-order valence-electron chi connectivity index (χ2n) is 22.6. The van der Waals surface area contributed by atoms with Crippen molar-refractivity contribution in [3.05, 3.63) is 165 Å². The maximum absolute atomic E-state index is 15.0. The molecule has 3 unspecified atom stereocenters. The molecule has 410 valence electrons. The number of methoxy groups -OCH3 is 4. The van der Waals surface area contributed by atoms with Gasteiger partial charge in [0.25, 0.3) is 0 Å². The van der Waals surface area contributed by atoms with Gasteiger partial charge in [0, 0.05) is 11.1 Å². The number of hydrogen-bond donors (Lipinski definition) is 0. The van der Waals surface area contributed by atoms with E-state index in [1.807, 2.05) is 43.3 Å². The fourth-order valence-electron chi connectivity index (χ4n) is 11.7. The van der Waals surface area contributed by atoms with Crippen LogP contribution in [0.15, 0.2) is 109 Å². The zero-order valence-corrected chi connectivity index (χ0v) is 47.3. The van der Waals surface area contributed by atoms with E-state index in [1.54, 1.807) is 38.5 Å². The zero-order valence-electron chi connectivity index (χ0n) is 47.3. The Bertz CT molecular complexity index is 2990. The number of hydrogen-bond acceptors (Lipinski definition) is 8. The number of benzene rings is 6. The van der Waals surface area contributed by atoms with Crippen molar-refractivity contribution in [3.63, 3.8) is 0 Å². The summed E-state index contributed by atoms with van der Waals surface area (Å²) in [4.78, 5) is 24.0. The Balaban J connectivity index is 0.000000224.